The molecule has 0 N–H and O–H groups in total. The van der Waals surface area contributed by atoms with Crippen LogP contribution in [0.4, 0.5) is 8.78 Å². The second-order valence-corrected chi connectivity index (χ2v) is 4.71. The molecule has 0 amide bonds. The monoisotopic (exact) mass is 302 g/mol. The van der Waals surface area contributed by atoms with Crippen LogP contribution < -0.4 is 4.74 Å². The highest BCUT2D eigenvalue weighted by Crippen LogP contribution is 2.36. The van der Waals surface area contributed by atoms with Gasteiger partial charge in [0.2, 0.25) is 0 Å². The molecule has 0 aromatic heterocycles. The lowest BCUT2D eigenvalue weighted by molar-refractivity contribution is 0.410. The van der Waals surface area contributed by atoms with Gasteiger partial charge < -0.3 is 4.74 Å². The maximum Gasteiger partial charge on any atom is 0.142 e. The van der Waals surface area contributed by atoms with E-state index in [0.717, 1.165) is 0 Å². The minimum atomic E-state index is -0.867. The standard InChI is InChI=1S/C14H10Cl2F2O/c1-19-8-5-6-9(12(18)7-8)13(15)10-3-2-4-11(17)14(10)16/h2-7,13H,1H3. The summed E-state index contributed by atoms with van der Waals surface area (Å²) in [7, 11) is 1.44. The van der Waals surface area contributed by atoms with Gasteiger partial charge >= 0.3 is 0 Å². The molecule has 5 heteroatoms. The summed E-state index contributed by atoms with van der Waals surface area (Å²) in [6.07, 6.45) is 0. The average Bonchev–Trinajstić information content (AvgIpc) is 2.41. The van der Waals surface area contributed by atoms with Crippen LogP contribution in [-0.2, 0) is 0 Å². The summed E-state index contributed by atoms with van der Waals surface area (Å²) in [5, 5.41) is -0.966. The zero-order valence-electron chi connectivity index (χ0n) is 9.96. The van der Waals surface area contributed by atoms with Gasteiger partial charge in [-0.1, -0.05) is 29.8 Å². The van der Waals surface area contributed by atoms with E-state index in [2.05, 4.69) is 0 Å². The summed E-state index contributed by atoms with van der Waals surface area (Å²) in [5.74, 6) is -0.728. The molecule has 0 aliphatic rings. The third-order valence-corrected chi connectivity index (χ3v) is 3.60. The van der Waals surface area contributed by atoms with E-state index >= 15 is 0 Å². The van der Waals surface area contributed by atoms with E-state index in [9.17, 15) is 8.78 Å². The number of halogens is 4. The Morgan fingerprint density at radius 1 is 1.05 bits per heavy atom. The molecule has 0 spiro atoms. The lowest BCUT2D eigenvalue weighted by Crippen LogP contribution is -1.99. The fourth-order valence-electron chi connectivity index (χ4n) is 1.72. The van der Waals surface area contributed by atoms with Crippen molar-refractivity contribution in [3.05, 3.63) is 64.2 Å². The van der Waals surface area contributed by atoms with Crippen LogP contribution >= 0.6 is 23.2 Å². The summed E-state index contributed by atoms with van der Waals surface area (Å²) >= 11 is 12.0. The van der Waals surface area contributed by atoms with Crippen LogP contribution in [0.25, 0.3) is 0 Å². The van der Waals surface area contributed by atoms with Gasteiger partial charge in [0.15, 0.2) is 0 Å². The van der Waals surface area contributed by atoms with E-state index in [4.69, 9.17) is 27.9 Å². The zero-order valence-corrected chi connectivity index (χ0v) is 11.5. The smallest absolute Gasteiger partial charge is 0.142 e. The van der Waals surface area contributed by atoms with E-state index in [-0.39, 0.29) is 10.6 Å². The molecule has 2 rings (SSSR count). The highest BCUT2D eigenvalue weighted by Gasteiger charge is 2.19. The SMILES string of the molecule is COc1ccc(C(Cl)c2cccc(F)c2Cl)c(F)c1. The highest BCUT2D eigenvalue weighted by atomic mass is 35.5. The molecule has 1 atom stereocenters. The van der Waals surface area contributed by atoms with Gasteiger partial charge in [0.05, 0.1) is 17.5 Å². The van der Waals surface area contributed by atoms with Crippen molar-refractivity contribution in [3.8, 4) is 5.75 Å². The third-order valence-electron chi connectivity index (χ3n) is 2.74. The van der Waals surface area contributed by atoms with Gasteiger partial charge in [0.25, 0.3) is 0 Å². The minimum absolute atomic E-state index is 0.0993. The summed E-state index contributed by atoms with van der Waals surface area (Å²) in [6.45, 7) is 0. The molecule has 0 saturated carbocycles. The number of benzene rings is 2. The van der Waals surface area contributed by atoms with Crippen LogP contribution in [0.15, 0.2) is 36.4 Å². The lowest BCUT2D eigenvalue weighted by Gasteiger charge is -2.14. The van der Waals surface area contributed by atoms with Crippen molar-refractivity contribution >= 4 is 23.2 Å². The Kier molecular flexibility index (Phi) is 4.27. The lowest BCUT2D eigenvalue weighted by atomic mass is 10.0. The quantitative estimate of drug-likeness (QED) is 0.729. The first kappa shape index (κ1) is 14.1. The van der Waals surface area contributed by atoms with Crippen molar-refractivity contribution in [2.45, 2.75) is 5.38 Å². The first-order valence-electron chi connectivity index (χ1n) is 5.46. The molecule has 0 aliphatic heterocycles. The number of ether oxygens (including phenoxy) is 1. The Balaban J connectivity index is 2.44. The molecule has 1 unspecified atom stereocenters. The molecular weight excluding hydrogens is 293 g/mol. The normalized spacial score (nSPS) is 12.3. The zero-order chi connectivity index (χ0) is 14.0. The average molecular weight is 303 g/mol. The molecule has 2 aromatic rings. The van der Waals surface area contributed by atoms with Gasteiger partial charge in [-0.3, -0.25) is 0 Å². The molecule has 2 aromatic carbocycles. The largest absolute Gasteiger partial charge is 0.497 e. The summed E-state index contributed by atoms with van der Waals surface area (Å²) in [6, 6.07) is 8.56. The maximum atomic E-state index is 13.9. The Morgan fingerprint density at radius 2 is 1.79 bits per heavy atom. The van der Waals surface area contributed by atoms with Crippen LogP contribution in [0.3, 0.4) is 0 Å². The molecule has 100 valence electrons. The van der Waals surface area contributed by atoms with Gasteiger partial charge in [-0.15, -0.1) is 11.6 Å². The number of hydrogen-bond donors (Lipinski definition) is 0. The van der Waals surface area contributed by atoms with Gasteiger partial charge in [0, 0.05) is 11.6 Å². The Bertz CT molecular complexity index is 602. The van der Waals surface area contributed by atoms with Gasteiger partial charge in [0.1, 0.15) is 17.4 Å². The topological polar surface area (TPSA) is 9.23 Å². The van der Waals surface area contributed by atoms with Crippen molar-refractivity contribution in [1.82, 2.24) is 0 Å². The highest BCUT2D eigenvalue weighted by molar-refractivity contribution is 6.33. The molecule has 1 nitrogen and oxygen atoms in total. The maximum absolute atomic E-state index is 13.9. The minimum Gasteiger partial charge on any atom is -0.497 e. The summed E-state index contributed by atoms with van der Waals surface area (Å²) < 4.78 is 32.2. The Labute approximate surface area is 119 Å². The summed E-state index contributed by atoms with van der Waals surface area (Å²) in [4.78, 5) is 0. The van der Waals surface area contributed by atoms with Crippen molar-refractivity contribution in [2.24, 2.45) is 0 Å². The molecule has 0 heterocycles. The third kappa shape index (κ3) is 2.82. The van der Waals surface area contributed by atoms with Crippen LogP contribution in [-0.4, -0.2) is 7.11 Å². The molecular formula is C14H10Cl2F2O. The van der Waals surface area contributed by atoms with Crippen LogP contribution in [0.1, 0.15) is 16.5 Å². The molecule has 19 heavy (non-hydrogen) atoms. The second-order valence-electron chi connectivity index (χ2n) is 3.89. The van der Waals surface area contributed by atoms with Crippen LogP contribution in [0.2, 0.25) is 5.02 Å². The van der Waals surface area contributed by atoms with Gasteiger partial charge in [-0.2, -0.15) is 0 Å². The molecule has 0 fully saturated rings. The number of rotatable bonds is 3. The van der Waals surface area contributed by atoms with E-state index < -0.39 is 17.0 Å². The predicted molar refractivity (Wildman–Crippen MR) is 72.1 cm³/mol. The van der Waals surface area contributed by atoms with Crippen LogP contribution in [0.5, 0.6) is 5.75 Å². The fraction of sp³-hybridized carbons (Fsp3) is 0.143. The second kappa shape index (κ2) is 5.76. The predicted octanol–water partition coefficient (Wildman–Crippen LogP) is 4.96. The Hall–Kier alpha value is -1.32. The number of alkyl halides is 1. The van der Waals surface area contributed by atoms with E-state index in [1.54, 1.807) is 12.1 Å². The fourth-order valence-corrected chi connectivity index (χ4v) is 2.37. The van der Waals surface area contributed by atoms with Crippen molar-refractivity contribution in [1.29, 1.82) is 0 Å². The first-order valence-corrected chi connectivity index (χ1v) is 6.27. The van der Waals surface area contributed by atoms with Crippen molar-refractivity contribution in [2.75, 3.05) is 7.11 Å². The van der Waals surface area contributed by atoms with E-state index in [1.165, 1.54) is 31.4 Å². The molecule has 0 aliphatic carbocycles. The van der Waals surface area contributed by atoms with Crippen molar-refractivity contribution < 1.29 is 13.5 Å². The van der Waals surface area contributed by atoms with Crippen LogP contribution in [0, 0.1) is 11.6 Å². The Morgan fingerprint density at radius 3 is 2.42 bits per heavy atom. The van der Waals surface area contributed by atoms with Gasteiger partial charge in [-0.05, 0) is 17.7 Å². The molecule has 0 radical (unpaired) electrons. The van der Waals surface area contributed by atoms with E-state index in [0.29, 0.717) is 11.3 Å². The molecule has 0 bridgehead atoms. The molecule has 0 saturated heterocycles. The number of hydrogen-bond acceptors (Lipinski definition) is 1. The summed E-state index contributed by atoms with van der Waals surface area (Å²) in [5.41, 5.74) is 0.544. The van der Waals surface area contributed by atoms with Gasteiger partial charge in [-0.25, -0.2) is 8.78 Å². The number of methoxy groups -OCH3 is 1. The van der Waals surface area contributed by atoms with Crippen molar-refractivity contribution in [3.63, 3.8) is 0 Å². The first-order chi connectivity index (χ1) is 9.04. The van der Waals surface area contributed by atoms with E-state index in [1.807, 2.05) is 0 Å².